The molecule has 0 bridgehead atoms. The molecule has 1 fully saturated rings. The zero-order chi connectivity index (χ0) is 16.7. The van der Waals surface area contributed by atoms with Crippen LogP contribution in [-0.2, 0) is 4.79 Å². The van der Waals surface area contributed by atoms with Gasteiger partial charge in [0.15, 0.2) is 0 Å². The quantitative estimate of drug-likeness (QED) is 0.799. The van der Waals surface area contributed by atoms with Gasteiger partial charge in [-0.1, -0.05) is 5.92 Å². The van der Waals surface area contributed by atoms with Crippen molar-refractivity contribution in [1.29, 1.82) is 0 Å². The smallest absolute Gasteiger partial charge is 0.298 e. The second kappa shape index (κ2) is 8.23. The summed E-state index contributed by atoms with van der Waals surface area (Å²) in [4.78, 5) is 27.9. The van der Waals surface area contributed by atoms with E-state index in [9.17, 15) is 9.59 Å². The lowest BCUT2D eigenvalue weighted by atomic mass is 10.2. The summed E-state index contributed by atoms with van der Waals surface area (Å²) in [6.45, 7) is 6.52. The molecule has 1 saturated heterocycles. The zero-order valence-electron chi connectivity index (χ0n) is 13.7. The van der Waals surface area contributed by atoms with Crippen LogP contribution in [0.5, 0.6) is 5.75 Å². The van der Waals surface area contributed by atoms with Crippen LogP contribution in [0, 0.1) is 11.8 Å². The van der Waals surface area contributed by atoms with Crippen LogP contribution >= 0.6 is 0 Å². The topological polar surface area (TPSA) is 49.9 Å². The molecular formula is C18H22N2O3. The van der Waals surface area contributed by atoms with Crippen LogP contribution in [0.25, 0.3) is 0 Å². The molecule has 2 rings (SSSR count). The highest BCUT2D eigenvalue weighted by atomic mass is 16.5. The van der Waals surface area contributed by atoms with Crippen LogP contribution in [-0.4, -0.2) is 54.4 Å². The van der Waals surface area contributed by atoms with Gasteiger partial charge in [0.1, 0.15) is 5.75 Å². The van der Waals surface area contributed by atoms with Crippen molar-refractivity contribution in [1.82, 2.24) is 9.80 Å². The van der Waals surface area contributed by atoms with Crippen molar-refractivity contribution in [3.8, 4) is 17.6 Å². The lowest BCUT2D eigenvalue weighted by molar-refractivity contribution is -0.124. The van der Waals surface area contributed by atoms with E-state index in [1.54, 1.807) is 41.0 Å². The summed E-state index contributed by atoms with van der Waals surface area (Å²) in [5.74, 6) is 5.77. The van der Waals surface area contributed by atoms with Crippen molar-refractivity contribution in [2.45, 2.75) is 20.3 Å². The second-order valence-electron chi connectivity index (χ2n) is 5.27. The highest BCUT2D eigenvalue weighted by molar-refractivity contribution is 5.95. The molecule has 1 heterocycles. The molecule has 122 valence electrons. The molecule has 1 aliphatic rings. The normalized spacial score (nSPS) is 14.5. The molecule has 0 saturated carbocycles. The highest BCUT2D eigenvalue weighted by Crippen LogP contribution is 2.15. The largest absolute Gasteiger partial charge is 0.494 e. The molecule has 1 aliphatic heterocycles. The Morgan fingerprint density at radius 3 is 2.39 bits per heavy atom. The maximum Gasteiger partial charge on any atom is 0.298 e. The third-order valence-corrected chi connectivity index (χ3v) is 3.71. The summed E-state index contributed by atoms with van der Waals surface area (Å²) in [5.41, 5.74) is 0.640. The molecular weight excluding hydrogens is 292 g/mol. The van der Waals surface area contributed by atoms with E-state index in [1.165, 1.54) is 0 Å². The van der Waals surface area contributed by atoms with E-state index >= 15 is 0 Å². The van der Waals surface area contributed by atoms with Crippen LogP contribution in [0.15, 0.2) is 24.3 Å². The van der Waals surface area contributed by atoms with Crippen molar-refractivity contribution in [2.24, 2.45) is 0 Å². The van der Waals surface area contributed by atoms with Gasteiger partial charge in [0.2, 0.25) is 0 Å². The van der Waals surface area contributed by atoms with Crippen molar-refractivity contribution >= 4 is 11.8 Å². The van der Waals surface area contributed by atoms with E-state index in [0.29, 0.717) is 38.3 Å². The van der Waals surface area contributed by atoms with Crippen LogP contribution in [0.2, 0.25) is 0 Å². The maximum absolute atomic E-state index is 12.6. The fraction of sp³-hybridized carbons (Fsp3) is 0.444. The molecule has 0 spiro atoms. The first-order chi connectivity index (χ1) is 11.2. The Balaban J connectivity index is 1.99. The first-order valence-corrected chi connectivity index (χ1v) is 7.89. The number of hydrogen-bond acceptors (Lipinski definition) is 3. The molecule has 0 N–H and O–H groups in total. The van der Waals surface area contributed by atoms with E-state index in [1.807, 2.05) is 6.92 Å². The molecule has 0 unspecified atom stereocenters. The van der Waals surface area contributed by atoms with Gasteiger partial charge in [-0.15, -0.1) is 0 Å². The Morgan fingerprint density at radius 2 is 1.74 bits per heavy atom. The van der Waals surface area contributed by atoms with Crippen molar-refractivity contribution in [2.75, 3.05) is 32.8 Å². The molecule has 5 heteroatoms. The predicted octanol–water partition coefficient (Wildman–Crippen LogP) is 1.78. The van der Waals surface area contributed by atoms with Crippen molar-refractivity contribution in [3.63, 3.8) is 0 Å². The number of nitrogens with zero attached hydrogens (tertiary/aromatic N) is 2. The molecule has 0 atom stereocenters. The van der Waals surface area contributed by atoms with Gasteiger partial charge in [-0.2, -0.15) is 0 Å². The average molecular weight is 314 g/mol. The molecule has 1 aromatic rings. The number of amides is 2. The van der Waals surface area contributed by atoms with Gasteiger partial charge in [-0.05, 0) is 50.5 Å². The SMILES string of the molecule is CC#CC(=O)N1CCCN(C(=O)c2ccc(OCC)cc2)CC1. The van der Waals surface area contributed by atoms with Crippen molar-refractivity contribution < 1.29 is 14.3 Å². The molecule has 0 aliphatic carbocycles. The van der Waals surface area contributed by atoms with Gasteiger partial charge in [-0.3, -0.25) is 9.59 Å². The summed E-state index contributed by atoms with van der Waals surface area (Å²) in [6, 6.07) is 7.18. The minimum absolute atomic E-state index is 0.0103. The molecule has 1 aromatic carbocycles. The minimum atomic E-state index is -0.164. The summed E-state index contributed by atoms with van der Waals surface area (Å²) in [5, 5.41) is 0. The van der Waals surface area contributed by atoms with E-state index in [0.717, 1.165) is 12.2 Å². The number of carbonyl (C=O) groups excluding carboxylic acids is 2. The van der Waals surface area contributed by atoms with E-state index < -0.39 is 0 Å². The summed E-state index contributed by atoms with van der Waals surface area (Å²) in [7, 11) is 0. The number of rotatable bonds is 3. The van der Waals surface area contributed by atoms with E-state index in [2.05, 4.69) is 11.8 Å². The summed E-state index contributed by atoms with van der Waals surface area (Å²) < 4.78 is 5.39. The first kappa shape index (κ1) is 16.9. The molecule has 23 heavy (non-hydrogen) atoms. The van der Waals surface area contributed by atoms with Crippen LogP contribution < -0.4 is 4.74 Å². The van der Waals surface area contributed by atoms with Gasteiger partial charge in [0, 0.05) is 31.7 Å². The number of carbonyl (C=O) groups is 2. The standard InChI is InChI=1S/C18H22N2O3/c1-3-6-17(21)19-11-5-12-20(14-13-19)18(22)15-7-9-16(10-8-15)23-4-2/h7-10H,4-5,11-14H2,1-2H3. The second-order valence-corrected chi connectivity index (χ2v) is 5.27. The van der Waals surface area contributed by atoms with E-state index in [-0.39, 0.29) is 11.8 Å². The van der Waals surface area contributed by atoms with Gasteiger partial charge < -0.3 is 14.5 Å². The lowest BCUT2D eigenvalue weighted by Gasteiger charge is -2.21. The van der Waals surface area contributed by atoms with Gasteiger partial charge in [-0.25, -0.2) is 0 Å². The van der Waals surface area contributed by atoms with Crippen LogP contribution in [0.3, 0.4) is 0 Å². The Hall–Kier alpha value is -2.48. The number of benzene rings is 1. The fourth-order valence-corrected chi connectivity index (χ4v) is 2.55. The number of hydrogen-bond donors (Lipinski definition) is 0. The molecule has 2 amide bonds. The Labute approximate surface area is 137 Å². The average Bonchev–Trinajstić information content (AvgIpc) is 2.81. The van der Waals surface area contributed by atoms with Gasteiger partial charge in [0.05, 0.1) is 6.61 Å². The van der Waals surface area contributed by atoms with Gasteiger partial charge >= 0.3 is 0 Å². The monoisotopic (exact) mass is 314 g/mol. The van der Waals surface area contributed by atoms with Crippen molar-refractivity contribution in [3.05, 3.63) is 29.8 Å². The highest BCUT2D eigenvalue weighted by Gasteiger charge is 2.22. The van der Waals surface area contributed by atoms with E-state index in [4.69, 9.17) is 4.74 Å². The first-order valence-electron chi connectivity index (χ1n) is 7.89. The van der Waals surface area contributed by atoms with Crippen LogP contribution in [0.1, 0.15) is 30.6 Å². The third-order valence-electron chi connectivity index (χ3n) is 3.71. The summed E-state index contributed by atoms with van der Waals surface area (Å²) >= 11 is 0. The Morgan fingerprint density at radius 1 is 1.09 bits per heavy atom. The third kappa shape index (κ3) is 4.49. The Bertz CT molecular complexity index is 613. The maximum atomic E-state index is 12.6. The molecule has 5 nitrogen and oxygen atoms in total. The minimum Gasteiger partial charge on any atom is -0.494 e. The zero-order valence-corrected chi connectivity index (χ0v) is 13.7. The fourth-order valence-electron chi connectivity index (χ4n) is 2.55. The lowest BCUT2D eigenvalue weighted by Crippen LogP contribution is -2.36. The van der Waals surface area contributed by atoms with Crippen LogP contribution in [0.4, 0.5) is 0 Å². The molecule has 0 radical (unpaired) electrons. The predicted molar refractivity (Wildman–Crippen MR) is 88.2 cm³/mol. The molecule has 0 aromatic heterocycles. The number of ether oxygens (including phenoxy) is 1. The Kier molecular flexibility index (Phi) is 6.04. The van der Waals surface area contributed by atoms with Gasteiger partial charge in [0.25, 0.3) is 11.8 Å². The summed E-state index contributed by atoms with van der Waals surface area (Å²) in [6.07, 6.45) is 0.764.